The number of hydrogen-bond acceptors (Lipinski definition) is 3. The second kappa shape index (κ2) is 5.47. The summed E-state index contributed by atoms with van der Waals surface area (Å²) in [7, 11) is 0. The van der Waals surface area contributed by atoms with Gasteiger partial charge >= 0.3 is 0 Å². The predicted molar refractivity (Wildman–Crippen MR) is 92.0 cm³/mol. The summed E-state index contributed by atoms with van der Waals surface area (Å²) < 4.78 is 12.3. The molecule has 3 atom stereocenters. The molecule has 0 aromatic heterocycles. The van der Waals surface area contributed by atoms with Crippen LogP contribution in [-0.2, 0) is 15.1 Å². The Morgan fingerprint density at radius 3 is 1.96 bits per heavy atom. The highest BCUT2D eigenvalue weighted by Gasteiger charge is 2.72. The molecular formula is C21H22O3. The number of aliphatic hydroxyl groups excluding tert-OH is 1. The minimum absolute atomic E-state index is 0.0388. The summed E-state index contributed by atoms with van der Waals surface area (Å²) in [5.74, 6) is -1.04. The normalized spacial score (nSPS) is 28.1. The zero-order valence-electron chi connectivity index (χ0n) is 13.9. The van der Waals surface area contributed by atoms with Crippen LogP contribution in [-0.4, -0.2) is 17.0 Å². The Bertz CT molecular complexity index is 699. The average Bonchev–Trinajstić information content (AvgIpc) is 2.95. The van der Waals surface area contributed by atoms with Crippen LogP contribution in [0.3, 0.4) is 0 Å². The van der Waals surface area contributed by atoms with Gasteiger partial charge in [0.15, 0.2) is 0 Å². The van der Waals surface area contributed by atoms with E-state index in [1.54, 1.807) is 6.26 Å². The van der Waals surface area contributed by atoms with Crippen molar-refractivity contribution < 1.29 is 14.6 Å². The Morgan fingerprint density at radius 2 is 1.46 bits per heavy atom. The highest BCUT2D eigenvalue weighted by molar-refractivity contribution is 5.44. The van der Waals surface area contributed by atoms with Crippen LogP contribution in [0.2, 0.25) is 0 Å². The first kappa shape index (κ1) is 15.4. The minimum atomic E-state index is -1.00. The summed E-state index contributed by atoms with van der Waals surface area (Å²) in [5, 5.41) is 10.7. The lowest BCUT2D eigenvalue weighted by Crippen LogP contribution is -2.71. The third kappa shape index (κ3) is 1.92. The molecule has 0 radical (unpaired) electrons. The highest BCUT2D eigenvalue weighted by Crippen LogP contribution is 2.62. The van der Waals surface area contributed by atoms with Crippen LogP contribution in [0.5, 0.6) is 0 Å². The smallest absolute Gasteiger partial charge is 0.247 e. The maximum atomic E-state index is 10.7. The van der Waals surface area contributed by atoms with Gasteiger partial charge in [-0.3, -0.25) is 0 Å². The maximum Gasteiger partial charge on any atom is 0.247 e. The molecule has 2 heterocycles. The van der Waals surface area contributed by atoms with Crippen LogP contribution in [0.25, 0.3) is 0 Å². The number of hydrogen-bond donors (Lipinski definition) is 1. The van der Waals surface area contributed by atoms with Crippen molar-refractivity contribution in [3.05, 3.63) is 84.1 Å². The fourth-order valence-electron chi connectivity index (χ4n) is 3.99. The largest absolute Gasteiger partial charge is 0.467 e. The summed E-state index contributed by atoms with van der Waals surface area (Å²) in [6, 6.07) is 20.4. The van der Waals surface area contributed by atoms with Crippen molar-refractivity contribution in [3.63, 3.8) is 0 Å². The molecule has 24 heavy (non-hydrogen) atoms. The lowest BCUT2D eigenvalue weighted by Gasteiger charge is -2.60. The van der Waals surface area contributed by atoms with Crippen LogP contribution >= 0.6 is 0 Å². The summed E-state index contributed by atoms with van der Waals surface area (Å²) >= 11 is 0. The average molecular weight is 322 g/mol. The van der Waals surface area contributed by atoms with Crippen LogP contribution in [0.15, 0.2) is 73.0 Å². The number of ether oxygens (including phenoxy) is 2. The van der Waals surface area contributed by atoms with Gasteiger partial charge in [-0.15, -0.1) is 0 Å². The summed E-state index contributed by atoms with van der Waals surface area (Å²) in [6.07, 6.45) is 3.00. The molecule has 3 heteroatoms. The van der Waals surface area contributed by atoms with E-state index in [-0.39, 0.29) is 11.8 Å². The minimum Gasteiger partial charge on any atom is -0.467 e. The molecule has 2 aromatic rings. The molecule has 0 bridgehead atoms. The molecule has 0 saturated carbocycles. The van der Waals surface area contributed by atoms with E-state index in [4.69, 9.17) is 9.47 Å². The zero-order valence-corrected chi connectivity index (χ0v) is 13.9. The SMILES string of the molecule is CC(C)[C@@H](O)[C@]12OC=C[C@H]1C(c1ccccc1)(c1ccccc1)O2. The van der Waals surface area contributed by atoms with Crippen molar-refractivity contribution >= 4 is 0 Å². The molecule has 2 aromatic carbocycles. The molecule has 1 fully saturated rings. The summed E-state index contributed by atoms with van der Waals surface area (Å²) in [4.78, 5) is 0. The van der Waals surface area contributed by atoms with Crippen LogP contribution < -0.4 is 0 Å². The lowest BCUT2D eigenvalue weighted by atomic mass is 9.65. The van der Waals surface area contributed by atoms with Crippen molar-refractivity contribution in [2.24, 2.45) is 11.8 Å². The first-order valence-electron chi connectivity index (χ1n) is 8.45. The molecule has 2 aliphatic rings. The maximum absolute atomic E-state index is 10.7. The van der Waals surface area contributed by atoms with Gasteiger partial charge in [0.25, 0.3) is 0 Å². The van der Waals surface area contributed by atoms with Crippen molar-refractivity contribution in [1.82, 2.24) is 0 Å². The van der Waals surface area contributed by atoms with E-state index in [9.17, 15) is 5.11 Å². The van der Waals surface area contributed by atoms with Crippen molar-refractivity contribution in [2.75, 3.05) is 0 Å². The second-order valence-electron chi connectivity index (χ2n) is 6.90. The molecule has 1 saturated heterocycles. The van der Waals surface area contributed by atoms with E-state index in [2.05, 4.69) is 24.3 Å². The Kier molecular flexibility index (Phi) is 3.52. The zero-order chi connectivity index (χ0) is 16.8. The number of fused-ring (bicyclic) bond motifs is 1. The first-order valence-corrected chi connectivity index (χ1v) is 8.45. The molecule has 0 aliphatic carbocycles. The Morgan fingerprint density at radius 1 is 0.917 bits per heavy atom. The van der Waals surface area contributed by atoms with Crippen molar-refractivity contribution in [3.8, 4) is 0 Å². The van der Waals surface area contributed by atoms with E-state index in [0.717, 1.165) is 11.1 Å². The Balaban J connectivity index is 1.85. The predicted octanol–water partition coefficient (Wildman–Crippen LogP) is 3.83. The van der Waals surface area contributed by atoms with Gasteiger partial charge in [0.05, 0.1) is 12.2 Å². The van der Waals surface area contributed by atoms with Crippen molar-refractivity contribution in [2.45, 2.75) is 31.3 Å². The molecule has 0 spiro atoms. The van der Waals surface area contributed by atoms with Gasteiger partial charge in [-0.25, -0.2) is 0 Å². The van der Waals surface area contributed by atoms with Crippen LogP contribution in [0.1, 0.15) is 25.0 Å². The van der Waals surface area contributed by atoms with Gasteiger partial charge < -0.3 is 14.6 Å². The van der Waals surface area contributed by atoms with E-state index in [1.165, 1.54) is 0 Å². The van der Waals surface area contributed by atoms with Gasteiger partial charge in [0.1, 0.15) is 11.7 Å². The van der Waals surface area contributed by atoms with Crippen LogP contribution in [0.4, 0.5) is 0 Å². The molecule has 0 unspecified atom stereocenters. The Labute approximate surface area is 142 Å². The highest BCUT2D eigenvalue weighted by atomic mass is 16.7. The fourth-order valence-corrected chi connectivity index (χ4v) is 3.99. The summed E-state index contributed by atoms with van der Waals surface area (Å²) in [5.41, 5.74) is 1.51. The molecular weight excluding hydrogens is 300 g/mol. The number of aliphatic hydroxyl groups is 1. The standard InChI is InChI=1S/C21H22O3/c1-15(2)19(22)21-18(13-14-23-21)20(24-21,16-9-5-3-6-10-16)17-11-7-4-8-12-17/h3-15,18-19,22H,1-2H3/t18-,19+,21-/m0/s1. The van der Waals surface area contributed by atoms with Crippen molar-refractivity contribution in [1.29, 1.82) is 0 Å². The van der Waals surface area contributed by atoms with Gasteiger partial charge in [0, 0.05) is 0 Å². The second-order valence-corrected chi connectivity index (χ2v) is 6.90. The van der Waals surface area contributed by atoms with E-state index < -0.39 is 17.5 Å². The third-order valence-electron chi connectivity index (χ3n) is 5.16. The molecule has 1 N–H and O–H groups in total. The monoisotopic (exact) mass is 322 g/mol. The summed E-state index contributed by atoms with van der Waals surface area (Å²) in [6.45, 7) is 3.96. The molecule has 3 nitrogen and oxygen atoms in total. The number of rotatable bonds is 4. The van der Waals surface area contributed by atoms with E-state index in [0.29, 0.717) is 0 Å². The fraction of sp³-hybridized carbons (Fsp3) is 0.333. The van der Waals surface area contributed by atoms with Gasteiger partial charge in [-0.1, -0.05) is 74.5 Å². The molecule has 0 amide bonds. The molecule has 2 aliphatic heterocycles. The van der Waals surface area contributed by atoms with Crippen LogP contribution in [0, 0.1) is 11.8 Å². The van der Waals surface area contributed by atoms with Gasteiger partial charge in [-0.2, -0.15) is 0 Å². The third-order valence-corrected chi connectivity index (χ3v) is 5.16. The molecule has 124 valence electrons. The first-order chi connectivity index (χ1) is 11.6. The Hall–Kier alpha value is -2.10. The number of benzene rings is 2. The topological polar surface area (TPSA) is 38.7 Å². The molecule has 4 rings (SSSR count). The lowest BCUT2D eigenvalue weighted by molar-refractivity contribution is -0.415. The van der Waals surface area contributed by atoms with E-state index >= 15 is 0 Å². The quantitative estimate of drug-likeness (QED) is 0.929. The van der Waals surface area contributed by atoms with Gasteiger partial charge in [-0.05, 0) is 23.1 Å². The van der Waals surface area contributed by atoms with Gasteiger partial charge in [0.2, 0.25) is 5.79 Å². The van der Waals surface area contributed by atoms with E-state index in [1.807, 2.05) is 56.3 Å².